The molecule has 0 aliphatic heterocycles. The molecule has 2 aromatic heterocycles. The fraction of sp³-hybridized carbons (Fsp3) is 0.0968. The summed E-state index contributed by atoms with van der Waals surface area (Å²) in [6, 6.07) is 27.6. The van der Waals surface area contributed by atoms with Crippen molar-refractivity contribution in [2.45, 2.75) is 19.4 Å². The molecule has 0 spiro atoms. The van der Waals surface area contributed by atoms with Gasteiger partial charge in [-0.2, -0.15) is 0 Å². The zero-order valence-electron chi connectivity index (χ0n) is 20.3. The number of carbonyl (C=O) groups excluding carboxylic acids is 1. The molecule has 2 heterocycles. The van der Waals surface area contributed by atoms with Crippen LogP contribution in [0.3, 0.4) is 0 Å². The molecule has 2 N–H and O–H groups in total. The molecule has 6 rings (SSSR count). The molecule has 4 aromatic carbocycles. The molecular formula is C31H23ClN2O4. The lowest BCUT2D eigenvalue weighted by molar-refractivity contribution is -0.136. The minimum Gasteiger partial charge on any atom is -0.481 e. The molecule has 0 aliphatic rings. The second-order valence-corrected chi connectivity index (χ2v) is 9.69. The van der Waals surface area contributed by atoms with Crippen molar-refractivity contribution in [3.05, 3.63) is 107 Å². The molecule has 0 saturated carbocycles. The molecule has 0 fully saturated rings. The van der Waals surface area contributed by atoms with E-state index in [9.17, 15) is 9.59 Å². The van der Waals surface area contributed by atoms with Crippen molar-refractivity contribution in [2.75, 3.05) is 5.32 Å². The maximum Gasteiger partial charge on any atom is 0.303 e. The van der Waals surface area contributed by atoms with Gasteiger partial charge in [-0.25, -0.2) is 0 Å². The highest BCUT2D eigenvalue weighted by molar-refractivity contribution is 6.31. The summed E-state index contributed by atoms with van der Waals surface area (Å²) < 4.78 is 8.12. The van der Waals surface area contributed by atoms with E-state index in [2.05, 4.69) is 17.4 Å². The number of benzene rings is 4. The summed E-state index contributed by atoms with van der Waals surface area (Å²) in [6.07, 6.45) is 1.53. The van der Waals surface area contributed by atoms with Gasteiger partial charge in [0.05, 0.1) is 12.1 Å². The topological polar surface area (TPSA) is 84.5 Å². The lowest BCUT2D eigenvalue weighted by atomic mass is 10.1. The summed E-state index contributed by atoms with van der Waals surface area (Å²) in [5.74, 6) is -1.21. The van der Waals surface area contributed by atoms with E-state index in [0.717, 1.165) is 49.8 Å². The standard InChI is InChI=1S/C31H23ClN2O4/c32-20-10-13-27-24(16-20)25(28(35)14-15-30(36)37)18-34(27)17-19-8-11-21(12-9-19)33-26-6-3-5-23-22-4-1-2-7-29(22)38-31(23)26/h1-13,16,18,33H,14-15,17H2,(H,36,37). The molecule has 0 unspecified atom stereocenters. The second kappa shape index (κ2) is 9.72. The van der Waals surface area contributed by atoms with Crippen LogP contribution in [0.4, 0.5) is 11.4 Å². The zero-order valence-corrected chi connectivity index (χ0v) is 21.0. The molecule has 0 bridgehead atoms. The van der Waals surface area contributed by atoms with E-state index in [0.29, 0.717) is 17.1 Å². The average molecular weight is 523 g/mol. The van der Waals surface area contributed by atoms with Crippen LogP contribution in [0, 0.1) is 0 Å². The average Bonchev–Trinajstić information content (AvgIpc) is 3.47. The van der Waals surface area contributed by atoms with Crippen LogP contribution in [0.15, 0.2) is 95.5 Å². The van der Waals surface area contributed by atoms with Gasteiger partial charge in [-0.1, -0.05) is 54.1 Å². The normalized spacial score (nSPS) is 11.4. The first-order valence-corrected chi connectivity index (χ1v) is 12.6. The van der Waals surface area contributed by atoms with E-state index in [-0.39, 0.29) is 18.6 Å². The highest BCUT2D eigenvalue weighted by atomic mass is 35.5. The summed E-state index contributed by atoms with van der Waals surface area (Å²) in [4.78, 5) is 23.7. The van der Waals surface area contributed by atoms with Gasteiger partial charge in [0.2, 0.25) is 0 Å². The van der Waals surface area contributed by atoms with Gasteiger partial charge in [0.1, 0.15) is 5.58 Å². The Hall–Kier alpha value is -4.55. The third kappa shape index (κ3) is 4.51. The quantitative estimate of drug-likeness (QED) is 0.198. The molecule has 6 nitrogen and oxygen atoms in total. The van der Waals surface area contributed by atoms with Gasteiger partial charge >= 0.3 is 5.97 Å². The summed E-state index contributed by atoms with van der Waals surface area (Å²) in [6.45, 7) is 0.545. The van der Waals surface area contributed by atoms with Crippen molar-refractivity contribution in [3.63, 3.8) is 0 Å². The summed E-state index contributed by atoms with van der Waals surface area (Å²) in [7, 11) is 0. The van der Waals surface area contributed by atoms with Gasteiger partial charge in [0, 0.05) is 57.1 Å². The number of furan rings is 1. The van der Waals surface area contributed by atoms with Gasteiger partial charge < -0.3 is 19.4 Å². The summed E-state index contributed by atoms with van der Waals surface area (Å²) in [5.41, 5.74) is 5.89. The van der Waals surface area contributed by atoms with Crippen molar-refractivity contribution in [1.29, 1.82) is 0 Å². The Labute approximate surface area is 223 Å². The Bertz CT molecular complexity index is 1830. The van der Waals surface area contributed by atoms with Crippen molar-refractivity contribution >= 4 is 67.6 Å². The summed E-state index contributed by atoms with van der Waals surface area (Å²) >= 11 is 6.21. The number of fused-ring (bicyclic) bond motifs is 4. The van der Waals surface area contributed by atoms with Gasteiger partial charge in [0.15, 0.2) is 11.4 Å². The van der Waals surface area contributed by atoms with Crippen LogP contribution in [0.2, 0.25) is 5.02 Å². The molecule has 0 saturated heterocycles. The third-order valence-corrected chi connectivity index (χ3v) is 6.93. The minimum absolute atomic E-state index is 0.0562. The SMILES string of the molecule is O=C(O)CCC(=O)c1cn(Cc2ccc(Nc3cccc4c3oc3ccccc34)cc2)c2ccc(Cl)cc12. The van der Waals surface area contributed by atoms with Crippen molar-refractivity contribution in [2.24, 2.45) is 0 Å². The van der Waals surface area contributed by atoms with Crippen LogP contribution < -0.4 is 5.32 Å². The van der Waals surface area contributed by atoms with E-state index in [1.165, 1.54) is 0 Å². The molecule has 38 heavy (non-hydrogen) atoms. The summed E-state index contributed by atoms with van der Waals surface area (Å²) in [5, 5.41) is 15.9. The molecular weight excluding hydrogens is 500 g/mol. The number of nitrogens with one attached hydrogen (secondary N) is 1. The van der Waals surface area contributed by atoms with Gasteiger partial charge in [0.25, 0.3) is 0 Å². The molecule has 0 atom stereocenters. The first kappa shape index (κ1) is 23.8. The number of aliphatic carboxylic acids is 1. The van der Waals surface area contributed by atoms with E-state index in [1.54, 1.807) is 18.3 Å². The number of Topliss-reactive ketones (excluding diaryl/α,β-unsaturated/α-hetero) is 1. The van der Waals surface area contributed by atoms with Crippen LogP contribution in [-0.4, -0.2) is 21.4 Å². The lowest BCUT2D eigenvalue weighted by Crippen LogP contribution is -2.03. The van der Waals surface area contributed by atoms with Crippen LogP contribution in [0.1, 0.15) is 28.8 Å². The number of anilines is 2. The Morgan fingerprint density at radius 1 is 0.868 bits per heavy atom. The largest absolute Gasteiger partial charge is 0.481 e. The molecule has 0 aliphatic carbocycles. The number of carboxylic acid groups (broad SMARTS) is 1. The Balaban J connectivity index is 1.26. The van der Waals surface area contributed by atoms with E-state index < -0.39 is 5.97 Å². The number of halogens is 1. The number of carboxylic acids is 1. The highest BCUT2D eigenvalue weighted by Crippen LogP contribution is 2.34. The predicted molar refractivity (Wildman–Crippen MR) is 151 cm³/mol. The number of nitrogens with zero attached hydrogens (tertiary/aromatic N) is 1. The Morgan fingerprint density at radius 3 is 2.47 bits per heavy atom. The molecule has 0 radical (unpaired) electrons. The second-order valence-electron chi connectivity index (χ2n) is 9.25. The fourth-order valence-corrected chi connectivity index (χ4v) is 5.04. The monoisotopic (exact) mass is 522 g/mol. The third-order valence-electron chi connectivity index (χ3n) is 6.70. The highest BCUT2D eigenvalue weighted by Gasteiger charge is 2.17. The van der Waals surface area contributed by atoms with Crippen molar-refractivity contribution < 1.29 is 19.1 Å². The zero-order chi connectivity index (χ0) is 26.2. The van der Waals surface area contributed by atoms with Crippen molar-refractivity contribution in [3.8, 4) is 0 Å². The number of rotatable bonds is 8. The molecule has 7 heteroatoms. The number of para-hydroxylation sites is 2. The van der Waals surface area contributed by atoms with Crippen LogP contribution in [0.5, 0.6) is 0 Å². The fourth-order valence-electron chi connectivity index (χ4n) is 4.87. The van der Waals surface area contributed by atoms with E-state index >= 15 is 0 Å². The van der Waals surface area contributed by atoms with Crippen LogP contribution in [0.25, 0.3) is 32.8 Å². The maximum absolute atomic E-state index is 12.8. The smallest absolute Gasteiger partial charge is 0.303 e. The Kier molecular flexibility index (Phi) is 6.10. The number of ketones is 1. The number of hydrogen-bond acceptors (Lipinski definition) is 4. The molecule has 188 valence electrons. The maximum atomic E-state index is 12.8. The van der Waals surface area contributed by atoms with Gasteiger partial charge in [-0.3, -0.25) is 9.59 Å². The number of carbonyl (C=O) groups is 2. The van der Waals surface area contributed by atoms with Gasteiger partial charge in [-0.15, -0.1) is 0 Å². The van der Waals surface area contributed by atoms with E-state index in [1.807, 2.05) is 65.2 Å². The number of aromatic nitrogens is 1. The van der Waals surface area contributed by atoms with E-state index in [4.69, 9.17) is 21.1 Å². The molecule has 6 aromatic rings. The minimum atomic E-state index is -0.995. The predicted octanol–water partition coefficient (Wildman–Crippen LogP) is 8.03. The van der Waals surface area contributed by atoms with Crippen LogP contribution >= 0.6 is 11.6 Å². The van der Waals surface area contributed by atoms with Crippen molar-refractivity contribution in [1.82, 2.24) is 4.57 Å². The molecule has 0 amide bonds. The first-order chi connectivity index (χ1) is 18.5. The lowest BCUT2D eigenvalue weighted by Gasteiger charge is -2.09. The Morgan fingerprint density at radius 2 is 1.66 bits per heavy atom. The van der Waals surface area contributed by atoms with Gasteiger partial charge in [-0.05, 0) is 48.0 Å². The first-order valence-electron chi connectivity index (χ1n) is 12.3. The van der Waals surface area contributed by atoms with Crippen LogP contribution in [-0.2, 0) is 11.3 Å². The number of hydrogen-bond donors (Lipinski definition) is 2.